The summed E-state index contributed by atoms with van der Waals surface area (Å²) in [5, 5.41) is 3.02. The zero-order valence-corrected chi connectivity index (χ0v) is 13.1. The molecule has 1 aromatic rings. The Morgan fingerprint density at radius 2 is 2.24 bits per heavy atom. The summed E-state index contributed by atoms with van der Waals surface area (Å²) < 4.78 is 5.19. The minimum atomic E-state index is 0.0952. The number of anilines is 1. The van der Waals surface area contributed by atoms with Crippen molar-refractivity contribution in [3.63, 3.8) is 0 Å². The summed E-state index contributed by atoms with van der Waals surface area (Å²) in [5.41, 5.74) is 2.64. The Balaban J connectivity index is 1.73. The third-order valence-corrected chi connectivity index (χ3v) is 4.01. The van der Waals surface area contributed by atoms with Gasteiger partial charge in [0.05, 0.1) is 6.61 Å². The Labute approximate surface area is 127 Å². The summed E-state index contributed by atoms with van der Waals surface area (Å²) in [4.78, 5) is 14.1. The topological polar surface area (TPSA) is 41.6 Å². The van der Waals surface area contributed by atoms with E-state index in [0.717, 1.165) is 26.1 Å². The second kappa shape index (κ2) is 8.03. The largest absolute Gasteiger partial charge is 0.381 e. The van der Waals surface area contributed by atoms with Crippen LogP contribution in [0.5, 0.6) is 0 Å². The molecule has 2 rings (SSSR count). The Morgan fingerprint density at radius 1 is 1.43 bits per heavy atom. The van der Waals surface area contributed by atoms with Crippen molar-refractivity contribution in [1.29, 1.82) is 0 Å². The monoisotopic (exact) mass is 290 g/mol. The highest BCUT2D eigenvalue weighted by Gasteiger charge is 2.23. The molecule has 116 valence electrons. The Hall–Kier alpha value is -1.55. The van der Waals surface area contributed by atoms with Gasteiger partial charge < -0.3 is 15.0 Å². The molecule has 0 unspecified atom stereocenters. The average molecular weight is 290 g/mol. The summed E-state index contributed by atoms with van der Waals surface area (Å²) in [6, 6.07) is 8.49. The van der Waals surface area contributed by atoms with Crippen LogP contribution in [-0.4, -0.2) is 38.8 Å². The number of hydrogen-bond acceptors (Lipinski definition) is 3. The second-order valence-electron chi connectivity index (χ2n) is 5.64. The van der Waals surface area contributed by atoms with E-state index in [2.05, 4.69) is 41.4 Å². The van der Waals surface area contributed by atoms with Gasteiger partial charge in [-0.25, -0.2) is 0 Å². The van der Waals surface area contributed by atoms with Crippen LogP contribution in [-0.2, 0) is 9.53 Å². The third-order valence-electron chi connectivity index (χ3n) is 4.01. The van der Waals surface area contributed by atoms with E-state index in [4.69, 9.17) is 4.74 Å². The number of carbonyl (C=O) groups excluding carboxylic acids is 1. The molecule has 0 bridgehead atoms. The third kappa shape index (κ3) is 4.74. The number of aryl methyl sites for hydroxylation is 1. The van der Waals surface area contributed by atoms with Gasteiger partial charge in [0.15, 0.2) is 0 Å². The molecule has 0 spiro atoms. The lowest BCUT2D eigenvalue weighted by Crippen LogP contribution is -2.31. The zero-order valence-electron chi connectivity index (χ0n) is 13.1. The number of para-hydroxylation sites is 1. The van der Waals surface area contributed by atoms with Crippen molar-refractivity contribution in [2.75, 3.05) is 37.7 Å². The van der Waals surface area contributed by atoms with E-state index in [1.54, 1.807) is 0 Å². The molecule has 1 N–H and O–H groups in total. The molecule has 0 saturated carbocycles. The van der Waals surface area contributed by atoms with Crippen molar-refractivity contribution in [3.05, 3.63) is 29.8 Å². The molecule has 0 radical (unpaired) electrons. The lowest BCUT2D eigenvalue weighted by Gasteiger charge is -2.21. The fourth-order valence-corrected chi connectivity index (χ4v) is 2.79. The smallest absolute Gasteiger partial charge is 0.222 e. The fraction of sp³-hybridized carbons (Fsp3) is 0.588. The van der Waals surface area contributed by atoms with E-state index >= 15 is 0 Å². The molecule has 1 aliphatic rings. The number of nitrogens with one attached hydrogen (secondary N) is 1. The number of hydrogen-bond donors (Lipinski definition) is 1. The van der Waals surface area contributed by atoms with Gasteiger partial charge >= 0.3 is 0 Å². The number of rotatable bonds is 7. The van der Waals surface area contributed by atoms with Gasteiger partial charge in [0, 0.05) is 38.3 Å². The molecule has 1 amide bonds. The van der Waals surface area contributed by atoms with Gasteiger partial charge in [-0.15, -0.1) is 0 Å². The van der Waals surface area contributed by atoms with Crippen molar-refractivity contribution >= 4 is 11.6 Å². The number of amides is 1. The lowest BCUT2D eigenvalue weighted by atomic mass is 10.1. The van der Waals surface area contributed by atoms with E-state index in [1.165, 1.54) is 11.3 Å². The van der Waals surface area contributed by atoms with E-state index < -0.39 is 0 Å². The molecule has 0 aliphatic carbocycles. The highest BCUT2D eigenvalue weighted by Crippen LogP contribution is 2.26. The summed E-state index contributed by atoms with van der Waals surface area (Å²) in [5.74, 6) is 0.637. The molecular weight excluding hydrogens is 264 g/mol. The lowest BCUT2D eigenvalue weighted by molar-refractivity contribution is -0.122. The Morgan fingerprint density at radius 3 is 3.00 bits per heavy atom. The van der Waals surface area contributed by atoms with Gasteiger partial charge in [-0.05, 0) is 37.8 Å². The van der Waals surface area contributed by atoms with Gasteiger partial charge in [-0.3, -0.25) is 4.79 Å². The summed E-state index contributed by atoms with van der Waals surface area (Å²) >= 11 is 0. The molecule has 1 aromatic carbocycles. The predicted octanol–water partition coefficient (Wildman–Crippen LogP) is 2.36. The van der Waals surface area contributed by atoms with Gasteiger partial charge in [-0.2, -0.15) is 0 Å². The molecule has 1 fully saturated rings. The number of benzene rings is 1. The highest BCUT2D eigenvalue weighted by molar-refractivity contribution is 5.75. The molecule has 1 aliphatic heterocycles. The van der Waals surface area contributed by atoms with Crippen LogP contribution in [0.4, 0.5) is 5.69 Å². The average Bonchev–Trinajstić information content (AvgIpc) is 2.94. The van der Waals surface area contributed by atoms with Crippen molar-refractivity contribution in [3.8, 4) is 0 Å². The standard InChI is InChI=1S/C17H26N2O2/c1-3-21-11-9-17(20)18-12-15-8-10-19(13-15)16-7-5-4-6-14(16)2/h4-7,15H,3,8-13H2,1-2H3,(H,18,20)/t15-/m1/s1. The maximum Gasteiger partial charge on any atom is 0.222 e. The first kappa shape index (κ1) is 15.8. The first-order valence-electron chi connectivity index (χ1n) is 7.85. The Kier molecular flexibility index (Phi) is 6.05. The van der Waals surface area contributed by atoms with Crippen LogP contribution >= 0.6 is 0 Å². The minimum absolute atomic E-state index is 0.0952. The molecule has 4 nitrogen and oxygen atoms in total. The molecular formula is C17H26N2O2. The zero-order chi connectivity index (χ0) is 15.1. The van der Waals surface area contributed by atoms with E-state index in [9.17, 15) is 4.79 Å². The maximum absolute atomic E-state index is 11.7. The van der Waals surface area contributed by atoms with Gasteiger partial charge in [-0.1, -0.05) is 18.2 Å². The van der Waals surface area contributed by atoms with Crippen molar-refractivity contribution in [2.24, 2.45) is 5.92 Å². The predicted molar refractivity (Wildman–Crippen MR) is 85.6 cm³/mol. The molecule has 1 heterocycles. The van der Waals surface area contributed by atoms with Crippen molar-refractivity contribution in [1.82, 2.24) is 5.32 Å². The first-order valence-corrected chi connectivity index (χ1v) is 7.85. The maximum atomic E-state index is 11.7. The number of ether oxygens (including phenoxy) is 1. The van der Waals surface area contributed by atoms with Gasteiger partial charge in [0.25, 0.3) is 0 Å². The number of carbonyl (C=O) groups is 1. The van der Waals surface area contributed by atoms with Crippen LogP contribution in [0.1, 0.15) is 25.3 Å². The van der Waals surface area contributed by atoms with Crippen molar-refractivity contribution in [2.45, 2.75) is 26.7 Å². The van der Waals surface area contributed by atoms with Gasteiger partial charge in [0.1, 0.15) is 0 Å². The van der Waals surface area contributed by atoms with E-state index in [0.29, 0.717) is 25.6 Å². The highest BCUT2D eigenvalue weighted by atomic mass is 16.5. The Bertz CT molecular complexity index is 462. The SMILES string of the molecule is CCOCCC(=O)NC[C@H]1CCN(c2ccccc2C)C1. The van der Waals surface area contributed by atoms with Crippen LogP contribution in [0.2, 0.25) is 0 Å². The van der Waals surface area contributed by atoms with Crippen LogP contribution in [0.3, 0.4) is 0 Å². The molecule has 1 atom stereocenters. The molecule has 4 heteroatoms. The fourth-order valence-electron chi connectivity index (χ4n) is 2.79. The minimum Gasteiger partial charge on any atom is -0.381 e. The normalized spacial score (nSPS) is 18.0. The summed E-state index contributed by atoms with van der Waals surface area (Å²) in [6.45, 7) is 8.15. The van der Waals surface area contributed by atoms with Crippen LogP contribution in [0, 0.1) is 12.8 Å². The summed E-state index contributed by atoms with van der Waals surface area (Å²) in [7, 11) is 0. The quantitative estimate of drug-likeness (QED) is 0.784. The molecule has 21 heavy (non-hydrogen) atoms. The van der Waals surface area contributed by atoms with Crippen molar-refractivity contribution < 1.29 is 9.53 Å². The molecule has 0 aromatic heterocycles. The second-order valence-corrected chi connectivity index (χ2v) is 5.64. The van der Waals surface area contributed by atoms with Crippen LogP contribution in [0.25, 0.3) is 0 Å². The van der Waals surface area contributed by atoms with E-state index in [-0.39, 0.29) is 5.91 Å². The van der Waals surface area contributed by atoms with Crippen LogP contribution < -0.4 is 10.2 Å². The molecule has 1 saturated heterocycles. The number of nitrogens with zero attached hydrogens (tertiary/aromatic N) is 1. The van der Waals surface area contributed by atoms with E-state index in [1.807, 2.05) is 6.92 Å². The first-order chi connectivity index (χ1) is 10.2. The summed E-state index contributed by atoms with van der Waals surface area (Å²) in [6.07, 6.45) is 1.60. The van der Waals surface area contributed by atoms with Crippen LogP contribution in [0.15, 0.2) is 24.3 Å². The van der Waals surface area contributed by atoms with Gasteiger partial charge in [0.2, 0.25) is 5.91 Å².